The van der Waals surface area contributed by atoms with Crippen molar-refractivity contribution in [3.63, 3.8) is 0 Å². The molecule has 0 bridgehead atoms. The Morgan fingerprint density at radius 2 is 2.20 bits per heavy atom. The standard InChI is InChI=1S/C16H24N2O2/c1-5-8-17-15(19)18-13-10-16(3,4)20-14-9-11(2)6-7-12(13)14/h6-7,9,13H,5,8,10H2,1-4H3,(H2,17,18,19)/t13-/m1/s1. The van der Waals surface area contributed by atoms with Gasteiger partial charge in [-0.1, -0.05) is 19.1 Å². The van der Waals surface area contributed by atoms with Crippen LogP contribution in [-0.2, 0) is 0 Å². The lowest BCUT2D eigenvalue weighted by molar-refractivity contribution is 0.0678. The first-order valence-electron chi connectivity index (χ1n) is 7.25. The van der Waals surface area contributed by atoms with Crippen LogP contribution in [0.15, 0.2) is 18.2 Å². The summed E-state index contributed by atoms with van der Waals surface area (Å²) in [5, 5.41) is 5.91. The molecular formula is C16H24N2O2. The summed E-state index contributed by atoms with van der Waals surface area (Å²) in [6, 6.07) is 6.02. The normalized spacial score (nSPS) is 19.7. The summed E-state index contributed by atoms with van der Waals surface area (Å²) < 4.78 is 6.02. The van der Waals surface area contributed by atoms with Gasteiger partial charge in [-0.05, 0) is 38.8 Å². The highest BCUT2D eigenvalue weighted by molar-refractivity contribution is 5.74. The Kier molecular flexibility index (Phi) is 4.21. The largest absolute Gasteiger partial charge is 0.487 e. The van der Waals surface area contributed by atoms with E-state index in [1.165, 1.54) is 0 Å². The van der Waals surface area contributed by atoms with Gasteiger partial charge in [-0.25, -0.2) is 4.79 Å². The highest BCUT2D eigenvalue weighted by Crippen LogP contribution is 2.39. The van der Waals surface area contributed by atoms with E-state index in [0.717, 1.165) is 29.7 Å². The van der Waals surface area contributed by atoms with E-state index in [1.807, 2.05) is 26.0 Å². The van der Waals surface area contributed by atoms with E-state index >= 15 is 0 Å². The van der Waals surface area contributed by atoms with Crippen molar-refractivity contribution >= 4 is 6.03 Å². The number of benzene rings is 1. The molecule has 110 valence electrons. The SMILES string of the molecule is CCCNC(=O)N[C@@H]1CC(C)(C)Oc2cc(C)ccc21. The summed E-state index contributed by atoms with van der Waals surface area (Å²) >= 11 is 0. The molecule has 0 spiro atoms. The van der Waals surface area contributed by atoms with Crippen molar-refractivity contribution in [3.8, 4) is 5.75 Å². The van der Waals surface area contributed by atoms with Gasteiger partial charge in [0, 0.05) is 18.5 Å². The van der Waals surface area contributed by atoms with Gasteiger partial charge in [0.1, 0.15) is 11.4 Å². The highest BCUT2D eigenvalue weighted by Gasteiger charge is 2.34. The molecule has 4 heteroatoms. The van der Waals surface area contributed by atoms with E-state index in [1.54, 1.807) is 0 Å². The van der Waals surface area contributed by atoms with E-state index in [2.05, 4.69) is 30.5 Å². The van der Waals surface area contributed by atoms with E-state index in [4.69, 9.17) is 4.74 Å². The number of ether oxygens (including phenoxy) is 1. The first-order valence-corrected chi connectivity index (χ1v) is 7.25. The summed E-state index contributed by atoms with van der Waals surface area (Å²) in [7, 11) is 0. The smallest absolute Gasteiger partial charge is 0.315 e. The number of aryl methyl sites for hydroxylation is 1. The molecule has 1 heterocycles. The minimum absolute atomic E-state index is 0.00814. The van der Waals surface area contributed by atoms with Crippen LogP contribution in [-0.4, -0.2) is 18.2 Å². The molecular weight excluding hydrogens is 252 g/mol. The van der Waals surface area contributed by atoms with Crippen LogP contribution in [0.2, 0.25) is 0 Å². The number of nitrogens with one attached hydrogen (secondary N) is 2. The maximum absolute atomic E-state index is 11.9. The zero-order valence-electron chi connectivity index (χ0n) is 12.7. The average Bonchev–Trinajstić information content (AvgIpc) is 2.34. The fourth-order valence-electron chi connectivity index (χ4n) is 2.54. The van der Waals surface area contributed by atoms with Gasteiger partial charge in [-0.2, -0.15) is 0 Å². The molecule has 0 fully saturated rings. The molecule has 1 atom stereocenters. The molecule has 0 aromatic heterocycles. The Balaban J connectivity index is 2.19. The monoisotopic (exact) mass is 276 g/mol. The van der Waals surface area contributed by atoms with Crippen LogP contribution in [0.25, 0.3) is 0 Å². The minimum atomic E-state index is -0.274. The Hall–Kier alpha value is -1.71. The van der Waals surface area contributed by atoms with Gasteiger partial charge in [-0.15, -0.1) is 0 Å². The van der Waals surface area contributed by atoms with Crippen molar-refractivity contribution in [2.24, 2.45) is 0 Å². The molecule has 4 nitrogen and oxygen atoms in total. The topological polar surface area (TPSA) is 50.4 Å². The van der Waals surface area contributed by atoms with Gasteiger partial charge >= 0.3 is 6.03 Å². The first-order chi connectivity index (χ1) is 9.41. The third-order valence-corrected chi connectivity index (χ3v) is 3.47. The lowest BCUT2D eigenvalue weighted by atomic mass is 9.89. The van der Waals surface area contributed by atoms with Crippen molar-refractivity contribution in [1.29, 1.82) is 0 Å². The zero-order chi connectivity index (χ0) is 14.8. The molecule has 1 aromatic carbocycles. The van der Waals surface area contributed by atoms with Crippen LogP contribution in [0, 0.1) is 6.92 Å². The maximum Gasteiger partial charge on any atom is 0.315 e. The predicted molar refractivity (Wildman–Crippen MR) is 80.1 cm³/mol. The molecule has 2 amide bonds. The molecule has 1 aromatic rings. The summed E-state index contributed by atoms with van der Waals surface area (Å²) in [4.78, 5) is 11.9. The second kappa shape index (κ2) is 5.73. The van der Waals surface area contributed by atoms with E-state index < -0.39 is 0 Å². The molecule has 0 saturated heterocycles. The Morgan fingerprint density at radius 1 is 1.45 bits per heavy atom. The van der Waals surface area contributed by atoms with E-state index in [0.29, 0.717) is 6.54 Å². The Labute approximate surface area is 120 Å². The lowest BCUT2D eigenvalue weighted by Gasteiger charge is -2.38. The molecule has 0 radical (unpaired) electrons. The average molecular weight is 276 g/mol. The maximum atomic E-state index is 11.9. The summed E-state index contributed by atoms with van der Waals surface area (Å²) in [5.41, 5.74) is 1.95. The molecule has 1 aliphatic rings. The van der Waals surface area contributed by atoms with Crippen molar-refractivity contribution in [2.75, 3.05) is 6.54 Å². The van der Waals surface area contributed by atoms with Gasteiger partial charge in [-0.3, -0.25) is 0 Å². The number of carbonyl (C=O) groups excluding carboxylic acids is 1. The number of amides is 2. The van der Waals surface area contributed by atoms with Gasteiger partial charge in [0.25, 0.3) is 0 Å². The van der Waals surface area contributed by atoms with Crippen molar-refractivity contribution in [2.45, 2.75) is 52.2 Å². The van der Waals surface area contributed by atoms with Crippen LogP contribution < -0.4 is 15.4 Å². The summed E-state index contributed by atoms with van der Waals surface area (Å²) in [5.74, 6) is 0.877. The van der Waals surface area contributed by atoms with Crippen molar-refractivity contribution in [3.05, 3.63) is 29.3 Å². The van der Waals surface area contributed by atoms with Gasteiger partial charge in [0.05, 0.1) is 6.04 Å². The highest BCUT2D eigenvalue weighted by atomic mass is 16.5. The van der Waals surface area contributed by atoms with Gasteiger partial charge < -0.3 is 15.4 Å². The summed E-state index contributed by atoms with van der Waals surface area (Å²) in [6.07, 6.45) is 1.70. The quantitative estimate of drug-likeness (QED) is 0.890. The van der Waals surface area contributed by atoms with Crippen LogP contribution in [0.4, 0.5) is 4.79 Å². The zero-order valence-corrected chi connectivity index (χ0v) is 12.7. The van der Waals surface area contributed by atoms with Gasteiger partial charge in [0.2, 0.25) is 0 Å². The van der Waals surface area contributed by atoms with Crippen LogP contribution in [0.3, 0.4) is 0 Å². The number of carbonyl (C=O) groups is 1. The Bertz CT molecular complexity index is 497. The van der Waals surface area contributed by atoms with Crippen LogP contribution >= 0.6 is 0 Å². The third-order valence-electron chi connectivity index (χ3n) is 3.47. The number of hydrogen-bond acceptors (Lipinski definition) is 2. The second-order valence-electron chi connectivity index (χ2n) is 6.06. The fraction of sp³-hybridized carbons (Fsp3) is 0.562. The lowest BCUT2D eigenvalue weighted by Crippen LogP contribution is -2.44. The molecule has 2 N–H and O–H groups in total. The molecule has 2 rings (SSSR count). The number of fused-ring (bicyclic) bond motifs is 1. The number of rotatable bonds is 3. The van der Waals surface area contributed by atoms with Crippen LogP contribution in [0.1, 0.15) is 50.8 Å². The van der Waals surface area contributed by atoms with Crippen LogP contribution in [0.5, 0.6) is 5.75 Å². The van der Waals surface area contributed by atoms with Crippen molar-refractivity contribution in [1.82, 2.24) is 10.6 Å². The predicted octanol–water partition coefficient (Wildman–Crippen LogP) is 3.31. The van der Waals surface area contributed by atoms with E-state index in [-0.39, 0.29) is 17.7 Å². The molecule has 20 heavy (non-hydrogen) atoms. The number of urea groups is 1. The third kappa shape index (κ3) is 3.44. The molecule has 0 saturated carbocycles. The van der Waals surface area contributed by atoms with Gasteiger partial charge in [0.15, 0.2) is 0 Å². The first kappa shape index (κ1) is 14.7. The Morgan fingerprint density at radius 3 is 2.90 bits per heavy atom. The number of hydrogen-bond donors (Lipinski definition) is 2. The molecule has 1 aliphatic heterocycles. The molecule has 0 unspecified atom stereocenters. The second-order valence-corrected chi connectivity index (χ2v) is 6.06. The van der Waals surface area contributed by atoms with Crippen molar-refractivity contribution < 1.29 is 9.53 Å². The minimum Gasteiger partial charge on any atom is -0.487 e. The fourth-order valence-corrected chi connectivity index (χ4v) is 2.54. The molecule has 0 aliphatic carbocycles. The summed E-state index contributed by atoms with van der Waals surface area (Å²) in [6.45, 7) is 8.88. The van der Waals surface area contributed by atoms with E-state index in [9.17, 15) is 4.79 Å².